The zero-order valence-corrected chi connectivity index (χ0v) is 17.8. The minimum absolute atomic E-state index is 0.170. The monoisotopic (exact) mass is 426 g/mol. The number of hydrogen-bond acceptors (Lipinski definition) is 4. The summed E-state index contributed by atoms with van der Waals surface area (Å²) in [6.45, 7) is 1.05. The van der Waals surface area contributed by atoms with Crippen molar-refractivity contribution in [3.8, 4) is 11.3 Å². The Labute approximate surface area is 185 Å². The van der Waals surface area contributed by atoms with Gasteiger partial charge in [-0.1, -0.05) is 42.1 Å². The summed E-state index contributed by atoms with van der Waals surface area (Å²) in [6, 6.07) is 21.4. The third kappa shape index (κ3) is 4.39. The van der Waals surface area contributed by atoms with Crippen LogP contribution in [-0.4, -0.2) is 20.4 Å². The topological polar surface area (TPSA) is 59.8 Å². The molecule has 1 amide bonds. The Bertz CT molecular complexity index is 1180. The number of nitrogens with zero attached hydrogens (tertiary/aromatic N) is 3. The highest BCUT2D eigenvalue weighted by molar-refractivity contribution is 7.99. The first kappa shape index (κ1) is 19.6. The molecule has 4 aromatic rings. The zero-order chi connectivity index (χ0) is 21.0. The molecule has 0 fully saturated rings. The molecule has 6 heteroatoms. The fraction of sp³-hybridized carbons (Fsp3) is 0.160. The number of benzene rings is 2. The van der Waals surface area contributed by atoms with Gasteiger partial charge in [0.25, 0.3) is 5.91 Å². The van der Waals surface area contributed by atoms with Crippen molar-refractivity contribution >= 4 is 23.4 Å². The molecule has 0 spiro atoms. The number of imidazole rings is 1. The normalized spacial score (nSPS) is 12.9. The van der Waals surface area contributed by atoms with Crippen molar-refractivity contribution < 1.29 is 4.79 Å². The summed E-state index contributed by atoms with van der Waals surface area (Å²) < 4.78 is 2.25. The van der Waals surface area contributed by atoms with Gasteiger partial charge in [0, 0.05) is 41.5 Å². The molecule has 154 valence electrons. The van der Waals surface area contributed by atoms with Crippen molar-refractivity contribution in [3.63, 3.8) is 0 Å². The summed E-state index contributed by atoms with van der Waals surface area (Å²) in [4.78, 5) is 23.2. The van der Waals surface area contributed by atoms with Crippen LogP contribution in [0.15, 0.2) is 89.0 Å². The second-order valence-corrected chi connectivity index (χ2v) is 8.56. The number of rotatable bonds is 5. The van der Waals surface area contributed by atoms with Gasteiger partial charge >= 0.3 is 0 Å². The number of carbonyl (C=O) groups is 1. The highest BCUT2D eigenvalue weighted by Gasteiger charge is 2.15. The maximum absolute atomic E-state index is 12.9. The minimum Gasteiger partial charge on any atom is -0.334 e. The van der Waals surface area contributed by atoms with Crippen LogP contribution >= 0.6 is 11.8 Å². The van der Waals surface area contributed by atoms with Gasteiger partial charge in [0.1, 0.15) is 10.9 Å². The Kier molecular flexibility index (Phi) is 5.54. The van der Waals surface area contributed by atoms with Gasteiger partial charge in [-0.15, -0.1) is 0 Å². The highest BCUT2D eigenvalue weighted by Crippen LogP contribution is 2.29. The number of fused-ring (bicyclic) bond motifs is 1. The van der Waals surface area contributed by atoms with Crippen LogP contribution in [0.4, 0.5) is 5.69 Å². The summed E-state index contributed by atoms with van der Waals surface area (Å²) in [5.41, 5.74) is 3.35. The molecule has 5 rings (SSSR count). The molecule has 0 radical (unpaired) electrons. The molecule has 5 nitrogen and oxygen atoms in total. The molecule has 0 atom stereocenters. The second kappa shape index (κ2) is 8.78. The van der Waals surface area contributed by atoms with Gasteiger partial charge in [-0.3, -0.25) is 4.79 Å². The van der Waals surface area contributed by atoms with Crippen molar-refractivity contribution in [2.24, 2.45) is 0 Å². The first-order chi connectivity index (χ1) is 15.3. The molecule has 0 aliphatic carbocycles. The van der Waals surface area contributed by atoms with E-state index in [1.165, 1.54) is 30.4 Å². The Hall–Kier alpha value is -3.38. The largest absolute Gasteiger partial charge is 0.334 e. The molecule has 2 aromatic carbocycles. The third-order valence-corrected chi connectivity index (χ3v) is 6.35. The Morgan fingerprint density at radius 1 is 0.968 bits per heavy atom. The number of pyridine rings is 1. The molecule has 1 aliphatic rings. The van der Waals surface area contributed by atoms with Gasteiger partial charge in [-0.2, -0.15) is 0 Å². The highest BCUT2D eigenvalue weighted by atomic mass is 32.2. The average molecular weight is 427 g/mol. The summed E-state index contributed by atoms with van der Waals surface area (Å²) in [5, 5.41) is 3.68. The Morgan fingerprint density at radius 3 is 2.61 bits per heavy atom. The van der Waals surface area contributed by atoms with Crippen LogP contribution in [0.25, 0.3) is 11.3 Å². The molecular weight excluding hydrogens is 404 g/mol. The molecule has 31 heavy (non-hydrogen) atoms. The molecular formula is C25H22N4OS. The molecule has 0 saturated carbocycles. The lowest BCUT2D eigenvalue weighted by Gasteiger charge is -2.11. The minimum atomic E-state index is -0.170. The van der Waals surface area contributed by atoms with E-state index in [-0.39, 0.29) is 5.91 Å². The summed E-state index contributed by atoms with van der Waals surface area (Å²) >= 11 is 1.48. The maximum Gasteiger partial charge on any atom is 0.258 e. The average Bonchev–Trinajstić information content (AvgIpc) is 3.25. The van der Waals surface area contributed by atoms with Crippen LogP contribution in [0.2, 0.25) is 0 Å². The van der Waals surface area contributed by atoms with Gasteiger partial charge in [-0.05, 0) is 49.2 Å². The zero-order valence-electron chi connectivity index (χ0n) is 17.0. The van der Waals surface area contributed by atoms with Gasteiger partial charge < -0.3 is 9.88 Å². The SMILES string of the molecule is O=C(Nc1ccc(-c2cn3c(n2)CCCC3)cc1)c1cccnc1Sc1ccccc1. The number of amides is 1. The molecule has 3 heterocycles. The fourth-order valence-corrected chi connectivity index (χ4v) is 4.62. The fourth-order valence-electron chi connectivity index (χ4n) is 3.72. The van der Waals surface area contributed by atoms with E-state index in [1.54, 1.807) is 18.3 Å². The number of nitrogens with one attached hydrogen (secondary N) is 1. The molecule has 0 bridgehead atoms. The predicted octanol–water partition coefficient (Wildman–Crippen LogP) is 5.68. The number of aryl methyl sites for hydroxylation is 2. The van der Waals surface area contributed by atoms with Crippen LogP contribution in [-0.2, 0) is 13.0 Å². The van der Waals surface area contributed by atoms with Crippen LogP contribution < -0.4 is 5.32 Å². The molecule has 1 N–H and O–H groups in total. The van der Waals surface area contributed by atoms with Gasteiger partial charge in [-0.25, -0.2) is 9.97 Å². The molecule has 1 aliphatic heterocycles. The third-order valence-electron chi connectivity index (χ3n) is 5.32. The van der Waals surface area contributed by atoms with E-state index in [0.717, 1.165) is 34.8 Å². The van der Waals surface area contributed by atoms with Gasteiger partial charge in [0.15, 0.2) is 0 Å². The van der Waals surface area contributed by atoms with E-state index in [0.29, 0.717) is 10.6 Å². The maximum atomic E-state index is 12.9. The Balaban J connectivity index is 1.31. The first-order valence-corrected chi connectivity index (χ1v) is 11.2. The van der Waals surface area contributed by atoms with E-state index in [9.17, 15) is 4.79 Å². The van der Waals surface area contributed by atoms with Crippen LogP contribution in [0.3, 0.4) is 0 Å². The number of aromatic nitrogens is 3. The van der Waals surface area contributed by atoms with E-state index in [2.05, 4.69) is 21.1 Å². The lowest BCUT2D eigenvalue weighted by molar-refractivity contribution is 0.102. The van der Waals surface area contributed by atoms with Crippen molar-refractivity contribution in [1.29, 1.82) is 0 Å². The molecule has 2 aromatic heterocycles. The number of hydrogen-bond donors (Lipinski definition) is 1. The van der Waals surface area contributed by atoms with Gasteiger partial charge in [0.05, 0.1) is 11.3 Å². The summed E-state index contributed by atoms with van der Waals surface area (Å²) in [5.74, 6) is 0.996. The standard InChI is InChI=1S/C25H22N4OS/c30-24(21-9-6-15-26-25(21)31-20-7-2-1-3-8-20)27-19-13-11-18(12-14-19)22-17-29-16-5-4-10-23(29)28-22/h1-3,6-9,11-15,17H,4-5,10,16H2,(H,27,30). The van der Waals surface area contributed by atoms with Crippen molar-refractivity contribution in [1.82, 2.24) is 14.5 Å². The van der Waals surface area contributed by atoms with Crippen molar-refractivity contribution in [2.75, 3.05) is 5.32 Å². The quantitative estimate of drug-likeness (QED) is 0.446. The van der Waals surface area contributed by atoms with E-state index < -0.39 is 0 Å². The van der Waals surface area contributed by atoms with Crippen molar-refractivity contribution in [3.05, 3.63) is 90.5 Å². The lowest BCUT2D eigenvalue weighted by Crippen LogP contribution is -2.13. The first-order valence-electron chi connectivity index (χ1n) is 10.4. The van der Waals surface area contributed by atoms with Crippen LogP contribution in [0, 0.1) is 0 Å². The van der Waals surface area contributed by atoms with Crippen LogP contribution in [0.5, 0.6) is 0 Å². The second-order valence-electron chi connectivity index (χ2n) is 7.50. The van der Waals surface area contributed by atoms with E-state index in [4.69, 9.17) is 4.98 Å². The Morgan fingerprint density at radius 2 is 1.81 bits per heavy atom. The number of carbonyl (C=O) groups excluding carboxylic acids is 1. The van der Waals surface area contributed by atoms with E-state index >= 15 is 0 Å². The lowest BCUT2D eigenvalue weighted by atomic mass is 10.1. The summed E-state index contributed by atoms with van der Waals surface area (Å²) in [7, 11) is 0. The smallest absolute Gasteiger partial charge is 0.258 e. The van der Waals surface area contributed by atoms with Crippen molar-refractivity contribution in [2.45, 2.75) is 35.7 Å². The summed E-state index contributed by atoms with van der Waals surface area (Å²) in [6.07, 6.45) is 7.31. The van der Waals surface area contributed by atoms with Gasteiger partial charge in [0.2, 0.25) is 0 Å². The predicted molar refractivity (Wildman–Crippen MR) is 123 cm³/mol. The van der Waals surface area contributed by atoms with Crippen LogP contribution in [0.1, 0.15) is 29.0 Å². The molecule has 0 saturated heterocycles. The van der Waals surface area contributed by atoms with E-state index in [1.807, 2.05) is 54.6 Å². The molecule has 0 unspecified atom stereocenters. The number of anilines is 1.